The van der Waals surface area contributed by atoms with E-state index in [1.165, 1.54) is 9.80 Å². The van der Waals surface area contributed by atoms with Crippen molar-refractivity contribution in [1.29, 1.82) is 0 Å². The van der Waals surface area contributed by atoms with Gasteiger partial charge in [-0.25, -0.2) is 0 Å². The number of para-hydroxylation sites is 1. The first-order valence-corrected chi connectivity index (χ1v) is 7.67. The van der Waals surface area contributed by atoms with E-state index < -0.39 is 11.9 Å². The molecule has 1 aromatic carbocycles. The minimum absolute atomic E-state index is 0.0202. The summed E-state index contributed by atoms with van der Waals surface area (Å²) in [6.45, 7) is 1.67. The van der Waals surface area contributed by atoms with Gasteiger partial charge in [-0.1, -0.05) is 19.1 Å². The normalized spacial score (nSPS) is 14.9. The van der Waals surface area contributed by atoms with Crippen LogP contribution in [0.15, 0.2) is 24.3 Å². The molecule has 0 aliphatic heterocycles. The van der Waals surface area contributed by atoms with Crippen molar-refractivity contribution in [3.8, 4) is 0 Å². The van der Waals surface area contributed by atoms with Crippen LogP contribution in [0.3, 0.4) is 0 Å². The van der Waals surface area contributed by atoms with Crippen molar-refractivity contribution in [2.45, 2.75) is 19.8 Å². The van der Waals surface area contributed by atoms with E-state index in [1.807, 2.05) is 0 Å². The van der Waals surface area contributed by atoms with Crippen LogP contribution in [0.2, 0.25) is 0 Å². The molecule has 0 radical (unpaired) electrons. The number of hydrogen-bond donors (Lipinski definition) is 1. The molecule has 1 aliphatic rings. The maximum absolute atomic E-state index is 12.6. The Kier molecular flexibility index (Phi) is 5.03. The number of benzene rings is 1. The van der Waals surface area contributed by atoms with Crippen molar-refractivity contribution in [1.82, 2.24) is 4.90 Å². The first kappa shape index (κ1) is 17.0. The van der Waals surface area contributed by atoms with E-state index in [9.17, 15) is 14.4 Å². The standard InChI is InChI=1S/C17H22N2O4/c1-11(17(22)23)10-18(2)16(21)13-6-4-5-7-14(13)19(3)15(20)12-8-9-12/h4-7,11-12H,8-10H2,1-3H3,(H,22,23). The minimum Gasteiger partial charge on any atom is -0.481 e. The maximum Gasteiger partial charge on any atom is 0.308 e. The summed E-state index contributed by atoms with van der Waals surface area (Å²) in [4.78, 5) is 38.7. The second-order valence-corrected chi connectivity index (χ2v) is 6.11. The van der Waals surface area contributed by atoms with Crippen LogP contribution in [0.5, 0.6) is 0 Å². The van der Waals surface area contributed by atoms with Crippen molar-refractivity contribution in [2.24, 2.45) is 11.8 Å². The summed E-state index contributed by atoms with van der Waals surface area (Å²) in [5.41, 5.74) is 0.966. The predicted molar refractivity (Wildman–Crippen MR) is 86.3 cm³/mol. The largest absolute Gasteiger partial charge is 0.481 e. The zero-order chi connectivity index (χ0) is 17.1. The monoisotopic (exact) mass is 318 g/mol. The van der Waals surface area contributed by atoms with Crippen molar-refractivity contribution >= 4 is 23.5 Å². The van der Waals surface area contributed by atoms with Gasteiger partial charge in [-0.3, -0.25) is 14.4 Å². The third-order valence-corrected chi connectivity index (χ3v) is 4.07. The predicted octanol–water partition coefficient (Wildman–Crippen LogP) is 1.85. The molecule has 124 valence electrons. The van der Waals surface area contributed by atoms with Gasteiger partial charge in [-0.2, -0.15) is 0 Å². The molecule has 2 amide bonds. The second kappa shape index (κ2) is 6.81. The SMILES string of the molecule is CC(CN(C)C(=O)c1ccccc1N(C)C(=O)C1CC1)C(=O)O. The molecule has 23 heavy (non-hydrogen) atoms. The van der Waals surface area contributed by atoms with Crippen molar-refractivity contribution < 1.29 is 19.5 Å². The smallest absolute Gasteiger partial charge is 0.308 e. The topological polar surface area (TPSA) is 77.9 Å². The Morgan fingerprint density at radius 1 is 1.22 bits per heavy atom. The van der Waals surface area contributed by atoms with Crippen LogP contribution in [0, 0.1) is 11.8 Å². The minimum atomic E-state index is -0.945. The van der Waals surface area contributed by atoms with Crippen molar-refractivity contribution in [3.05, 3.63) is 29.8 Å². The van der Waals surface area contributed by atoms with E-state index >= 15 is 0 Å². The molecule has 1 aromatic rings. The lowest BCUT2D eigenvalue weighted by molar-refractivity contribution is -0.141. The van der Waals surface area contributed by atoms with Gasteiger partial charge in [0.15, 0.2) is 0 Å². The molecule has 1 fully saturated rings. The first-order valence-electron chi connectivity index (χ1n) is 7.67. The zero-order valence-electron chi connectivity index (χ0n) is 13.7. The molecule has 6 heteroatoms. The van der Waals surface area contributed by atoms with Crippen LogP contribution >= 0.6 is 0 Å². The van der Waals surface area contributed by atoms with Gasteiger partial charge in [0.05, 0.1) is 17.2 Å². The summed E-state index contributed by atoms with van der Waals surface area (Å²) in [6, 6.07) is 6.92. The van der Waals surface area contributed by atoms with Gasteiger partial charge < -0.3 is 14.9 Å². The molecule has 0 bridgehead atoms. The Hall–Kier alpha value is -2.37. The number of carboxylic acid groups (broad SMARTS) is 1. The molecule has 0 saturated heterocycles. The van der Waals surface area contributed by atoms with E-state index in [4.69, 9.17) is 5.11 Å². The Balaban J connectivity index is 2.20. The average Bonchev–Trinajstić information content (AvgIpc) is 3.37. The molecule has 6 nitrogen and oxygen atoms in total. The number of carbonyl (C=O) groups excluding carboxylic acids is 2. The molecule has 1 N–H and O–H groups in total. The van der Waals surface area contributed by atoms with Crippen LogP contribution in [0.1, 0.15) is 30.1 Å². The van der Waals surface area contributed by atoms with E-state index in [0.29, 0.717) is 11.3 Å². The molecule has 0 heterocycles. The van der Waals surface area contributed by atoms with E-state index in [-0.39, 0.29) is 24.3 Å². The number of carbonyl (C=O) groups is 3. The zero-order valence-corrected chi connectivity index (χ0v) is 13.7. The third kappa shape index (κ3) is 3.88. The van der Waals surface area contributed by atoms with Gasteiger partial charge >= 0.3 is 5.97 Å². The molecule has 0 spiro atoms. The van der Waals surface area contributed by atoms with Crippen LogP contribution in [0.4, 0.5) is 5.69 Å². The maximum atomic E-state index is 12.6. The highest BCUT2D eigenvalue weighted by Gasteiger charge is 2.33. The molecule has 1 aliphatic carbocycles. The van der Waals surface area contributed by atoms with Gasteiger partial charge in [0.2, 0.25) is 5.91 Å². The Bertz CT molecular complexity index is 625. The average molecular weight is 318 g/mol. The lowest BCUT2D eigenvalue weighted by Gasteiger charge is -2.24. The lowest BCUT2D eigenvalue weighted by Crippen LogP contribution is -2.35. The fraction of sp³-hybridized carbons (Fsp3) is 0.471. The van der Waals surface area contributed by atoms with Gasteiger partial charge in [-0.05, 0) is 25.0 Å². The highest BCUT2D eigenvalue weighted by Crippen LogP contribution is 2.33. The fourth-order valence-electron chi connectivity index (χ4n) is 2.45. The van der Waals surface area contributed by atoms with E-state index in [2.05, 4.69) is 0 Å². The van der Waals surface area contributed by atoms with Gasteiger partial charge in [0.1, 0.15) is 0 Å². The lowest BCUT2D eigenvalue weighted by atomic mass is 10.1. The molecule has 0 aromatic heterocycles. The number of anilines is 1. The quantitative estimate of drug-likeness (QED) is 0.868. The summed E-state index contributed by atoms with van der Waals surface area (Å²) >= 11 is 0. The Morgan fingerprint density at radius 3 is 2.39 bits per heavy atom. The van der Waals surface area contributed by atoms with Gasteiger partial charge in [0.25, 0.3) is 5.91 Å². The van der Waals surface area contributed by atoms with Crippen LogP contribution < -0.4 is 4.90 Å². The molecular weight excluding hydrogens is 296 g/mol. The Morgan fingerprint density at radius 2 is 1.83 bits per heavy atom. The van der Waals surface area contributed by atoms with Crippen LogP contribution in [0.25, 0.3) is 0 Å². The van der Waals surface area contributed by atoms with E-state index in [1.54, 1.807) is 45.3 Å². The summed E-state index contributed by atoms with van der Waals surface area (Å²) in [5.74, 6) is -1.80. The second-order valence-electron chi connectivity index (χ2n) is 6.11. The summed E-state index contributed by atoms with van der Waals surface area (Å²) in [6.07, 6.45) is 1.80. The molecule has 1 unspecified atom stereocenters. The van der Waals surface area contributed by atoms with Crippen LogP contribution in [-0.4, -0.2) is 48.4 Å². The van der Waals surface area contributed by atoms with Crippen LogP contribution in [-0.2, 0) is 9.59 Å². The van der Waals surface area contributed by atoms with E-state index in [0.717, 1.165) is 12.8 Å². The number of rotatable bonds is 6. The van der Waals surface area contributed by atoms with Crippen molar-refractivity contribution in [2.75, 3.05) is 25.5 Å². The number of aliphatic carboxylic acids is 1. The number of amides is 2. The highest BCUT2D eigenvalue weighted by molar-refractivity contribution is 6.05. The van der Waals surface area contributed by atoms with Crippen molar-refractivity contribution in [3.63, 3.8) is 0 Å². The summed E-state index contributed by atoms with van der Waals surface area (Å²) < 4.78 is 0. The van der Waals surface area contributed by atoms with Gasteiger partial charge in [0, 0.05) is 26.6 Å². The number of carboxylic acids is 1. The third-order valence-electron chi connectivity index (χ3n) is 4.07. The van der Waals surface area contributed by atoms with Gasteiger partial charge in [-0.15, -0.1) is 0 Å². The highest BCUT2D eigenvalue weighted by atomic mass is 16.4. The molecular formula is C17H22N2O4. The Labute approximate surface area is 135 Å². The molecule has 2 rings (SSSR count). The number of nitrogens with zero attached hydrogens (tertiary/aromatic N) is 2. The fourth-order valence-corrected chi connectivity index (χ4v) is 2.45. The summed E-state index contributed by atoms with van der Waals surface area (Å²) in [5, 5.41) is 8.98. The number of hydrogen-bond acceptors (Lipinski definition) is 3. The molecule has 1 atom stereocenters. The summed E-state index contributed by atoms with van der Waals surface area (Å²) in [7, 11) is 3.24. The molecule has 1 saturated carbocycles. The first-order chi connectivity index (χ1) is 10.8.